The molecule has 41 heavy (non-hydrogen) atoms. The third-order valence-electron chi connectivity index (χ3n) is 6.81. The minimum Gasteiger partial charge on any atom is -0.506 e. The number of nitrogens with zero attached hydrogens (tertiary/aromatic N) is 1. The molecule has 2 atom stereocenters. The van der Waals surface area contributed by atoms with Gasteiger partial charge in [-0.2, -0.15) is 0 Å². The minimum absolute atomic E-state index is 0.0389. The predicted molar refractivity (Wildman–Crippen MR) is 147 cm³/mol. The lowest BCUT2D eigenvalue weighted by atomic mass is 10.0. The molecule has 0 saturated carbocycles. The summed E-state index contributed by atoms with van der Waals surface area (Å²) in [5, 5.41) is 28.1. The minimum atomic E-state index is -1.11. The van der Waals surface area contributed by atoms with Crippen molar-refractivity contribution >= 4 is 35.2 Å². The van der Waals surface area contributed by atoms with Crippen LogP contribution in [0.15, 0.2) is 66.7 Å². The number of benzene rings is 3. The predicted octanol–water partition coefficient (Wildman–Crippen LogP) is 3.13. The molecule has 3 aromatic rings. The average Bonchev–Trinajstić information content (AvgIpc) is 3.59. The average molecular weight is 561 g/mol. The van der Waals surface area contributed by atoms with Gasteiger partial charge in [0.1, 0.15) is 5.75 Å². The molecule has 12 nitrogen and oxygen atoms in total. The van der Waals surface area contributed by atoms with Gasteiger partial charge >= 0.3 is 12.0 Å². The van der Waals surface area contributed by atoms with E-state index in [4.69, 9.17) is 9.47 Å². The van der Waals surface area contributed by atoms with Gasteiger partial charge in [-0.1, -0.05) is 36.4 Å². The molecule has 1 fully saturated rings. The number of urea groups is 1. The van der Waals surface area contributed by atoms with E-state index in [1.54, 1.807) is 18.2 Å². The molecule has 0 spiro atoms. The van der Waals surface area contributed by atoms with Gasteiger partial charge in [-0.3, -0.25) is 14.4 Å². The van der Waals surface area contributed by atoms with Crippen LogP contribution in [0.1, 0.15) is 30.0 Å². The molecule has 2 aliphatic rings. The van der Waals surface area contributed by atoms with E-state index in [1.807, 2.05) is 30.3 Å². The molecule has 0 aromatic heterocycles. The first-order chi connectivity index (χ1) is 19.8. The third-order valence-corrected chi connectivity index (χ3v) is 6.81. The summed E-state index contributed by atoms with van der Waals surface area (Å²) in [7, 11) is 0. The second-order valence-electron chi connectivity index (χ2n) is 9.67. The molecule has 2 heterocycles. The van der Waals surface area contributed by atoms with Crippen molar-refractivity contribution in [3.05, 3.63) is 77.9 Å². The van der Waals surface area contributed by atoms with E-state index >= 15 is 0 Å². The van der Waals surface area contributed by atoms with Gasteiger partial charge in [0.2, 0.25) is 18.6 Å². The number of ether oxygens (including phenoxy) is 2. The number of carboxylic acids is 1. The summed E-state index contributed by atoms with van der Waals surface area (Å²) >= 11 is 0. The molecule has 212 valence electrons. The topological polar surface area (TPSA) is 167 Å². The maximum absolute atomic E-state index is 13.2. The van der Waals surface area contributed by atoms with Gasteiger partial charge in [0.15, 0.2) is 11.5 Å². The van der Waals surface area contributed by atoms with Crippen molar-refractivity contribution in [2.75, 3.05) is 23.6 Å². The smallest absolute Gasteiger partial charge is 0.319 e. The SMILES string of the molecule is O=C(O)CC(NC(=O)C1CC(=O)N(c2cc(NC(=O)NCc3ccccc3)ccc2O)C1)c1ccc2c(c1)OCO2. The van der Waals surface area contributed by atoms with Gasteiger partial charge < -0.3 is 40.5 Å². The van der Waals surface area contributed by atoms with Gasteiger partial charge in [0.25, 0.3) is 0 Å². The molecule has 12 heteroatoms. The molecule has 2 aliphatic heterocycles. The number of carboxylic acid groups (broad SMARTS) is 1. The summed E-state index contributed by atoms with van der Waals surface area (Å²) in [6.07, 6.45) is -0.516. The molecule has 0 radical (unpaired) electrons. The van der Waals surface area contributed by atoms with Crippen LogP contribution < -0.4 is 30.3 Å². The van der Waals surface area contributed by atoms with Crippen LogP contribution in [0.5, 0.6) is 17.2 Å². The molecule has 4 amide bonds. The van der Waals surface area contributed by atoms with Gasteiger partial charge in [-0.05, 0) is 41.5 Å². The fraction of sp³-hybridized carbons (Fsp3) is 0.241. The van der Waals surface area contributed by atoms with E-state index in [9.17, 15) is 29.4 Å². The summed E-state index contributed by atoms with van der Waals surface area (Å²) < 4.78 is 10.7. The molecule has 0 aliphatic carbocycles. The highest BCUT2D eigenvalue weighted by Gasteiger charge is 2.37. The van der Waals surface area contributed by atoms with Crippen LogP contribution in [-0.2, 0) is 20.9 Å². The van der Waals surface area contributed by atoms with Gasteiger partial charge in [-0.15, -0.1) is 0 Å². The normalized spacial score (nSPS) is 16.2. The number of hydrogen-bond acceptors (Lipinski definition) is 7. The molecule has 0 bridgehead atoms. The number of carbonyl (C=O) groups is 4. The zero-order chi connectivity index (χ0) is 28.9. The van der Waals surface area contributed by atoms with Crippen molar-refractivity contribution in [1.29, 1.82) is 0 Å². The first-order valence-electron chi connectivity index (χ1n) is 12.9. The molecule has 1 saturated heterocycles. The second-order valence-corrected chi connectivity index (χ2v) is 9.67. The van der Waals surface area contributed by atoms with Crippen LogP contribution >= 0.6 is 0 Å². The monoisotopic (exact) mass is 560 g/mol. The van der Waals surface area contributed by atoms with Crippen LogP contribution in [0.3, 0.4) is 0 Å². The summed E-state index contributed by atoms with van der Waals surface area (Å²) in [6, 6.07) is 17.2. The Morgan fingerprint density at radius 3 is 2.56 bits per heavy atom. The number of aliphatic carboxylic acids is 1. The van der Waals surface area contributed by atoms with Crippen molar-refractivity contribution in [2.24, 2.45) is 5.92 Å². The zero-order valence-electron chi connectivity index (χ0n) is 21.8. The van der Waals surface area contributed by atoms with Gasteiger partial charge in [-0.25, -0.2) is 4.79 Å². The zero-order valence-corrected chi connectivity index (χ0v) is 21.8. The number of carbonyl (C=O) groups excluding carboxylic acids is 3. The fourth-order valence-electron chi connectivity index (χ4n) is 4.73. The van der Waals surface area contributed by atoms with E-state index in [0.717, 1.165) is 5.56 Å². The van der Waals surface area contributed by atoms with Crippen molar-refractivity contribution in [2.45, 2.75) is 25.4 Å². The highest BCUT2D eigenvalue weighted by molar-refractivity contribution is 6.02. The molecule has 2 unspecified atom stereocenters. The van der Waals surface area contributed by atoms with Crippen molar-refractivity contribution in [1.82, 2.24) is 10.6 Å². The third kappa shape index (κ3) is 6.49. The number of rotatable bonds is 9. The van der Waals surface area contributed by atoms with E-state index in [2.05, 4.69) is 16.0 Å². The number of phenolic OH excluding ortho intramolecular Hbond substituents is 1. The Kier molecular flexibility index (Phi) is 7.90. The van der Waals surface area contributed by atoms with Crippen LogP contribution in [0.25, 0.3) is 0 Å². The Labute approximate surface area is 234 Å². The molecular formula is C29H28N4O8. The maximum Gasteiger partial charge on any atom is 0.319 e. The Balaban J connectivity index is 1.24. The number of phenols is 1. The molecule has 5 rings (SSSR count). The van der Waals surface area contributed by atoms with Crippen molar-refractivity contribution < 1.29 is 38.9 Å². The van der Waals surface area contributed by atoms with Crippen LogP contribution in [0.4, 0.5) is 16.2 Å². The number of nitrogens with one attached hydrogen (secondary N) is 3. The highest BCUT2D eigenvalue weighted by atomic mass is 16.7. The Morgan fingerprint density at radius 2 is 1.78 bits per heavy atom. The van der Waals surface area contributed by atoms with Gasteiger partial charge in [0.05, 0.1) is 24.1 Å². The second kappa shape index (κ2) is 11.9. The summed E-state index contributed by atoms with van der Waals surface area (Å²) in [6.45, 7) is 0.327. The Bertz CT molecular complexity index is 1480. The molecule has 5 N–H and O–H groups in total. The first-order valence-corrected chi connectivity index (χ1v) is 12.9. The van der Waals surface area contributed by atoms with E-state index in [0.29, 0.717) is 29.3 Å². The highest BCUT2D eigenvalue weighted by Crippen LogP contribution is 2.37. The molecular weight excluding hydrogens is 532 g/mol. The fourth-order valence-corrected chi connectivity index (χ4v) is 4.73. The summed E-state index contributed by atoms with van der Waals surface area (Å²) in [5.74, 6) is -2.03. The first kappa shape index (κ1) is 27.3. The van der Waals surface area contributed by atoms with E-state index in [-0.39, 0.29) is 37.6 Å². The number of aromatic hydroxyl groups is 1. The lowest BCUT2D eigenvalue weighted by molar-refractivity contribution is -0.138. The van der Waals surface area contributed by atoms with E-state index < -0.39 is 35.8 Å². The lowest BCUT2D eigenvalue weighted by Crippen LogP contribution is -2.36. The number of fused-ring (bicyclic) bond motifs is 1. The Morgan fingerprint density at radius 1 is 1.00 bits per heavy atom. The van der Waals surface area contributed by atoms with Crippen LogP contribution in [0.2, 0.25) is 0 Å². The number of amides is 4. The molecule has 3 aromatic carbocycles. The van der Waals surface area contributed by atoms with Crippen LogP contribution in [0, 0.1) is 5.92 Å². The largest absolute Gasteiger partial charge is 0.506 e. The Hall–Kier alpha value is -5.26. The van der Waals surface area contributed by atoms with Crippen molar-refractivity contribution in [3.63, 3.8) is 0 Å². The lowest BCUT2D eigenvalue weighted by Gasteiger charge is -2.21. The van der Waals surface area contributed by atoms with E-state index in [1.165, 1.54) is 23.1 Å². The standard InChI is InChI=1S/C29H28N4O8/c34-23-8-7-20(31-29(39)30-14-17-4-2-1-3-5-17)12-22(23)33-15-19(11-26(33)35)28(38)32-21(13-27(36)37)18-6-9-24-25(10-18)41-16-40-24/h1-10,12,19,21,34H,11,13-16H2,(H,32,38)(H,36,37)(H2,30,31,39). The quantitative estimate of drug-likeness (QED) is 0.249. The van der Waals surface area contributed by atoms with Crippen molar-refractivity contribution in [3.8, 4) is 17.2 Å². The number of anilines is 2. The maximum atomic E-state index is 13.2. The van der Waals surface area contributed by atoms with Gasteiger partial charge in [0, 0.05) is 25.2 Å². The summed E-state index contributed by atoms with van der Waals surface area (Å²) in [5.41, 5.74) is 1.93. The number of hydrogen-bond donors (Lipinski definition) is 5. The summed E-state index contributed by atoms with van der Waals surface area (Å²) in [4.78, 5) is 51.3. The van der Waals surface area contributed by atoms with Crippen LogP contribution in [-0.4, -0.2) is 47.4 Å².